The van der Waals surface area contributed by atoms with Gasteiger partial charge in [0.2, 0.25) is 0 Å². The number of hydrogen-bond donors (Lipinski definition) is 1. The van der Waals surface area contributed by atoms with E-state index in [2.05, 4.69) is 5.32 Å². The third kappa shape index (κ3) is 4.57. The molecule has 0 spiro atoms. The molecule has 23 heavy (non-hydrogen) atoms. The van der Waals surface area contributed by atoms with Gasteiger partial charge >= 0.3 is 11.8 Å². The molecule has 1 heterocycles. The Labute approximate surface area is 132 Å². The van der Waals surface area contributed by atoms with E-state index in [1.165, 1.54) is 6.07 Å². The minimum atomic E-state index is -0.806. The van der Waals surface area contributed by atoms with Gasteiger partial charge in [-0.2, -0.15) is 0 Å². The highest BCUT2D eigenvalue weighted by Crippen LogP contribution is 2.12. The van der Waals surface area contributed by atoms with Crippen molar-refractivity contribution in [1.82, 2.24) is 5.32 Å². The standard InChI is InChI=1S/C16H17NO6/c1-10(2)22-16(20)21-8-7-17-14(18)12-9-11-5-3-4-6-13(11)23-15(12)19/h3-6,9-10H,7-8H2,1-2H3,(H,17,18). The van der Waals surface area contributed by atoms with Crippen LogP contribution in [-0.4, -0.2) is 31.3 Å². The second-order valence-electron chi connectivity index (χ2n) is 5.01. The lowest BCUT2D eigenvalue weighted by Crippen LogP contribution is -2.31. The molecule has 2 rings (SSSR count). The van der Waals surface area contributed by atoms with Crippen molar-refractivity contribution in [2.75, 3.05) is 13.2 Å². The number of hydrogen-bond acceptors (Lipinski definition) is 6. The van der Waals surface area contributed by atoms with Crippen LogP contribution in [-0.2, 0) is 9.47 Å². The highest BCUT2D eigenvalue weighted by atomic mass is 16.7. The molecule has 0 saturated carbocycles. The second kappa shape index (κ2) is 7.44. The molecule has 1 aromatic carbocycles. The lowest BCUT2D eigenvalue weighted by molar-refractivity contribution is 0.0348. The second-order valence-corrected chi connectivity index (χ2v) is 5.01. The predicted octanol–water partition coefficient (Wildman–Crippen LogP) is 2.08. The molecule has 0 aliphatic carbocycles. The first-order valence-electron chi connectivity index (χ1n) is 7.12. The molecule has 1 N–H and O–H groups in total. The first-order valence-corrected chi connectivity index (χ1v) is 7.12. The van der Waals surface area contributed by atoms with Crippen molar-refractivity contribution >= 4 is 23.0 Å². The Balaban J connectivity index is 1.92. The normalized spacial score (nSPS) is 10.6. The summed E-state index contributed by atoms with van der Waals surface area (Å²) in [5.74, 6) is -0.592. The number of benzene rings is 1. The molecule has 0 unspecified atom stereocenters. The van der Waals surface area contributed by atoms with Gasteiger partial charge in [0.15, 0.2) is 0 Å². The lowest BCUT2D eigenvalue weighted by Gasteiger charge is -2.09. The predicted molar refractivity (Wildman–Crippen MR) is 82.4 cm³/mol. The molecule has 2 aromatic rings. The number of carbonyl (C=O) groups is 2. The van der Waals surface area contributed by atoms with E-state index in [0.717, 1.165) is 0 Å². The van der Waals surface area contributed by atoms with Crippen molar-refractivity contribution in [1.29, 1.82) is 0 Å². The third-order valence-electron chi connectivity index (χ3n) is 2.83. The highest BCUT2D eigenvalue weighted by Gasteiger charge is 2.13. The molecule has 1 amide bonds. The Hall–Kier alpha value is -2.83. The molecule has 0 fully saturated rings. The van der Waals surface area contributed by atoms with Crippen LogP contribution in [0.1, 0.15) is 24.2 Å². The summed E-state index contributed by atoms with van der Waals surface area (Å²) >= 11 is 0. The number of fused-ring (bicyclic) bond motifs is 1. The number of ether oxygens (including phenoxy) is 2. The van der Waals surface area contributed by atoms with Crippen molar-refractivity contribution in [3.8, 4) is 0 Å². The summed E-state index contributed by atoms with van der Waals surface area (Å²) in [5.41, 5.74) is -0.413. The van der Waals surface area contributed by atoms with Crippen molar-refractivity contribution in [2.24, 2.45) is 0 Å². The Bertz CT molecular complexity index is 764. The first kappa shape index (κ1) is 16.5. The van der Waals surface area contributed by atoms with Crippen LogP contribution in [0.5, 0.6) is 0 Å². The molecule has 7 nitrogen and oxygen atoms in total. The zero-order chi connectivity index (χ0) is 16.8. The largest absolute Gasteiger partial charge is 0.508 e. The molecule has 122 valence electrons. The van der Waals surface area contributed by atoms with Gasteiger partial charge in [-0.25, -0.2) is 9.59 Å². The Morgan fingerprint density at radius 1 is 1.26 bits per heavy atom. The summed E-state index contributed by atoms with van der Waals surface area (Å²) in [6, 6.07) is 8.36. The fourth-order valence-electron chi connectivity index (χ4n) is 1.84. The van der Waals surface area contributed by atoms with E-state index in [4.69, 9.17) is 13.9 Å². The van der Waals surface area contributed by atoms with Crippen LogP contribution in [0, 0.1) is 0 Å². The average molecular weight is 319 g/mol. The number of nitrogens with one attached hydrogen (secondary N) is 1. The van der Waals surface area contributed by atoms with Crippen LogP contribution < -0.4 is 10.9 Å². The fourth-order valence-corrected chi connectivity index (χ4v) is 1.84. The molecule has 7 heteroatoms. The monoisotopic (exact) mass is 319 g/mol. The molecule has 1 aromatic heterocycles. The molecule has 0 bridgehead atoms. The van der Waals surface area contributed by atoms with Crippen molar-refractivity contribution < 1.29 is 23.5 Å². The van der Waals surface area contributed by atoms with Crippen LogP contribution in [0.25, 0.3) is 11.0 Å². The van der Waals surface area contributed by atoms with E-state index in [0.29, 0.717) is 11.0 Å². The first-order chi connectivity index (χ1) is 11.0. The zero-order valence-electron chi connectivity index (χ0n) is 12.8. The molecule has 0 atom stereocenters. The van der Waals surface area contributed by atoms with Gasteiger partial charge in [-0.05, 0) is 26.0 Å². The summed E-state index contributed by atoms with van der Waals surface area (Å²) in [6.07, 6.45) is -1.08. The van der Waals surface area contributed by atoms with Gasteiger partial charge in [-0.1, -0.05) is 18.2 Å². The fraction of sp³-hybridized carbons (Fsp3) is 0.312. The molecule has 0 aliphatic rings. The minimum absolute atomic E-state index is 0.0539. The molecular formula is C16H17NO6. The molecule has 0 saturated heterocycles. The maximum atomic E-state index is 12.0. The van der Waals surface area contributed by atoms with Gasteiger partial charge in [-0.15, -0.1) is 0 Å². The minimum Gasteiger partial charge on any atom is -0.432 e. The van der Waals surface area contributed by atoms with Gasteiger partial charge in [0.25, 0.3) is 5.91 Å². The van der Waals surface area contributed by atoms with Crippen LogP contribution in [0.3, 0.4) is 0 Å². The average Bonchev–Trinajstić information content (AvgIpc) is 2.50. The van der Waals surface area contributed by atoms with Gasteiger partial charge in [0.05, 0.1) is 12.6 Å². The Kier molecular flexibility index (Phi) is 5.35. The Morgan fingerprint density at radius 3 is 2.74 bits per heavy atom. The lowest BCUT2D eigenvalue weighted by atomic mass is 10.2. The van der Waals surface area contributed by atoms with E-state index in [1.54, 1.807) is 38.1 Å². The summed E-state index contributed by atoms with van der Waals surface area (Å²) < 4.78 is 14.6. The van der Waals surface area contributed by atoms with E-state index in [9.17, 15) is 14.4 Å². The highest BCUT2D eigenvalue weighted by molar-refractivity contribution is 5.96. The van der Waals surface area contributed by atoms with Crippen LogP contribution in [0.4, 0.5) is 4.79 Å². The zero-order valence-corrected chi connectivity index (χ0v) is 12.8. The summed E-state index contributed by atoms with van der Waals surface area (Å²) in [5, 5.41) is 3.13. The maximum Gasteiger partial charge on any atom is 0.508 e. The Morgan fingerprint density at radius 2 is 2.00 bits per heavy atom. The van der Waals surface area contributed by atoms with Gasteiger partial charge in [0, 0.05) is 5.39 Å². The summed E-state index contributed by atoms with van der Waals surface area (Å²) in [4.78, 5) is 34.9. The van der Waals surface area contributed by atoms with Crippen LogP contribution >= 0.6 is 0 Å². The van der Waals surface area contributed by atoms with Crippen molar-refractivity contribution in [3.05, 3.63) is 46.3 Å². The summed E-state index contributed by atoms with van der Waals surface area (Å²) in [7, 11) is 0. The quantitative estimate of drug-likeness (QED) is 0.515. The third-order valence-corrected chi connectivity index (χ3v) is 2.83. The van der Waals surface area contributed by atoms with Crippen LogP contribution in [0.15, 0.2) is 39.5 Å². The van der Waals surface area contributed by atoms with Gasteiger partial charge < -0.3 is 19.2 Å². The van der Waals surface area contributed by atoms with Crippen molar-refractivity contribution in [3.63, 3.8) is 0 Å². The topological polar surface area (TPSA) is 94.8 Å². The maximum absolute atomic E-state index is 12.0. The van der Waals surface area contributed by atoms with E-state index in [1.807, 2.05) is 0 Å². The molecule has 0 radical (unpaired) electrons. The molecular weight excluding hydrogens is 302 g/mol. The van der Waals surface area contributed by atoms with Gasteiger partial charge in [-0.3, -0.25) is 4.79 Å². The smallest absolute Gasteiger partial charge is 0.432 e. The van der Waals surface area contributed by atoms with Crippen molar-refractivity contribution in [2.45, 2.75) is 20.0 Å². The van der Waals surface area contributed by atoms with E-state index >= 15 is 0 Å². The van der Waals surface area contributed by atoms with Gasteiger partial charge in [0.1, 0.15) is 17.8 Å². The number of amides is 1. The number of carbonyl (C=O) groups excluding carboxylic acids is 2. The summed E-state index contributed by atoms with van der Waals surface area (Å²) in [6.45, 7) is 3.39. The number of para-hydroxylation sites is 1. The number of rotatable bonds is 5. The SMILES string of the molecule is CC(C)OC(=O)OCCNC(=O)c1cc2ccccc2oc1=O. The van der Waals surface area contributed by atoms with E-state index < -0.39 is 17.7 Å². The van der Waals surface area contributed by atoms with E-state index in [-0.39, 0.29) is 24.8 Å². The van der Waals surface area contributed by atoms with Crippen LogP contribution in [0.2, 0.25) is 0 Å². The molecule has 0 aliphatic heterocycles.